The largest absolute Gasteiger partial charge is 0.248 e. The number of hydrogen-bond acceptors (Lipinski definition) is 3. The van der Waals surface area contributed by atoms with Crippen LogP contribution in [-0.4, -0.2) is 19.7 Å². The van der Waals surface area contributed by atoms with Crippen LogP contribution in [0.1, 0.15) is 28.2 Å². The first-order chi connectivity index (χ1) is 19.0. The highest BCUT2D eigenvalue weighted by Crippen LogP contribution is 2.43. The molecule has 192 valence electrons. The summed E-state index contributed by atoms with van der Waals surface area (Å²) >= 11 is 0. The third-order valence-electron chi connectivity index (χ3n) is 7.26. The zero-order valence-corrected chi connectivity index (χ0v) is 22.2. The molecule has 5 heteroatoms. The Labute approximate surface area is 227 Å². The van der Waals surface area contributed by atoms with Gasteiger partial charge in [0.2, 0.25) is 0 Å². The fraction of sp³-hybridized carbons (Fsp3) is 0.0882. The Morgan fingerprint density at radius 3 is 1.95 bits per heavy atom. The van der Waals surface area contributed by atoms with Crippen molar-refractivity contribution in [1.82, 2.24) is 4.98 Å². The van der Waals surface area contributed by atoms with Gasteiger partial charge in [0.05, 0.1) is 15.9 Å². The van der Waals surface area contributed by atoms with Crippen molar-refractivity contribution in [3.05, 3.63) is 144 Å². The van der Waals surface area contributed by atoms with Crippen LogP contribution in [0.5, 0.6) is 0 Å². The van der Waals surface area contributed by atoms with E-state index < -0.39 is 22.4 Å². The van der Waals surface area contributed by atoms with Crippen molar-refractivity contribution in [3.63, 3.8) is 0 Å². The van der Waals surface area contributed by atoms with Gasteiger partial charge in [-0.3, -0.25) is 0 Å². The second kappa shape index (κ2) is 10.1. The standard InChI is InChI=1S/C34H26FNO2S/c1-39(37,38)32-20-19-27(26-16-10-18-31-28(26)21-25-15-8-9-17-30(25)36-31)29(22-35)34(32)33(23-11-4-2-5-12-23)24-13-6-3-7-14-24/h2-21,33H,22H2,1H3. The Kier molecular flexibility index (Phi) is 6.45. The fourth-order valence-electron chi connectivity index (χ4n) is 5.53. The number of halogens is 1. The number of para-hydroxylation sites is 1. The van der Waals surface area contributed by atoms with Gasteiger partial charge in [-0.2, -0.15) is 0 Å². The van der Waals surface area contributed by atoms with Crippen LogP contribution in [0.3, 0.4) is 0 Å². The minimum atomic E-state index is -3.68. The summed E-state index contributed by atoms with van der Waals surface area (Å²) in [6.45, 7) is -0.818. The molecule has 0 aliphatic carbocycles. The number of pyridine rings is 1. The Hall–Kier alpha value is -4.35. The highest BCUT2D eigenvalue weighted by Gasteiger charge is 2.29. The molecule has 0 fully saturated rings. The molecule has 0 saturated heterocycles. The summed E-state index contributed by atoms with van der Waals surface area (Å²) in [5.74, 6) is -0.475. The van der Waals surface area contributed by atoms with Gasteiger partial charge in [-0.1, -0.05) is 97.1 Å². The predicted molar refractivity (Wildman–Crippen MR) is 156 cm³/mol. The summed E-state index contributed by atoms with van der Waals surface area (Å²) in [6, 6.07) is 38.6. The zero-order valence-electron chi connectivity index (χ0n) is 21.4. The molecule has 0 unspecified atom stereocenters. The van der Waals surface area contributed by atoms with E-state index in [1.54, 1.807) is 12.1 Å². The van der Waals surface area contributed by atoms with E-state index in [1.807, 2.05) is 103 Å². The van der Waals surface area contributed by atoms with Crippen LogP contribution >= 0.6 is 0 Å². The molecule has 0 N–H and O–H groups in total. The minimum absolute atomic E-state index is 0.139. The van der Waals surface area contributed by atoms with Gasteiger partial charge < -0.3 is 0 Å². The first-order valence-electron chi connectivity index (χ1n) is 12.8. The molecule has 6 rings (SSSR count). The Morgan fingerprint density at radius 2 is 1.31 bits per heavy atom. The van der Waals surface area contributed by atoms with Crippen LogP contribution in [0, 0.1) is 0 Å². The number of hydrogen-bond donors (Lipinski definition) is 0. The number of nitrogens with zero attached hydrogens (tertiary/aromatic N) is 1. The molecule has 1 aromatic heterocycles. The summed E-state index contributed by atoms with van der Waals surface area (Å²) < 4.78 is 41.7. The molecule has 0 spiro atoms. The third kappa shape index (κ3) is 4.59. The summed E-state index contributed by atoms with van der Waals surface area (Å²) in [4.78, 5) is 4.98. The van der Waals surface area contributed by atoms with E-state index in [2.05, 4.69) is 6.07 Å². The average molecular weight is 532 g/mol. The van der Waals surface area contributed by atoms with E-state index in [-0.39, 0.29) is 4.90 Å². The molecule has 3 nitrogen and oxygen atoms in total. The van der Waals surface area contributed by atoms with Gasteiger partial charge in [0, 0.05) is 22.9 Å². The highest BCUT2D eigenvalue weighted by molar-refractivity contribution is 7.90. The van der Waals surface area contributed by atoms with Crippen molar-refractivity contribution in [2.24, 2.45) is 0 Å². The number of benzene rings is 5. The fourth-order valence-corrected chi connectivity index (χ4v) is 6.49. The van der Waals surface area contributed by atoms with Crippen molar-refractivity contribution in [3.8, 4) is 11.1 Å². The molecule has 39 heavy (non-hydrogen) atoms. The van der Waals surface area contributed by atoms with Gasteiger partial charge in [-0.25, -0.2) is 17.8 Å². The molecular weight excluding hydrogens is 505 g/mol. The van der Waals surface area contributed by atoms with Gasteiger partial charge >= 0.3 is 0 Å². The van der Waals surface area contributed by atoms with Gasteiger partial charge in [0.1, 0.15) is 6.67 Å². The van der Waals surface area contributed by atoms with Crippen LogP contribution in [0.15, 0.2) is 126 Å². The van der Waals surface area contributed by atoms with E-state index >= 15 is 4.39 Å². The summed E-state index contributed by atoms with van der Waals surface area (Å²) in [5, 5.41) is 1.87. The Balaban J connectivity index is 1.71. The third-order valence-corrected chi connectivity index (χ3v) is 8.41. The molecule has 6 aromatic rings. The average Bonchev–Trinajstić information content (AvgIpc) is 2.96. The minimum Gasteiger partial charge on any atom is -0.248 e. The molecule has 0 aliphatic heterocycles. The smallest absolute Gasteiger partial charge is 0.175 e. The van der Waals surface area contributed by atoms with Crippen LogP contribution < -0.4 is 0 Å². The normalized spacial score (nSPS) is 11.9. The van der Waals surface area contributed by atoms with Crippen molar-refractivity contribution < 1.29 is 12.8 Å². The van der Waals surface area contributed by atoms with Crippen LogP contribution in [0.4, 0.5) is 4.39 Å². The van der Waals surface area contributed by atoms with E-state index in [4.69, 9.17) is 4.98 Å². The Bertz CT molecular complexity index is 1880. The lowest BCUT2D eigenvalue weighted by molar-refractivity contribution is 0.481. The Morgan fingerprint density at radius 1 is 0.692 bits per heavy atom. The van der Waals surface area contributed by atoms with E-state index in [1.165, 1.54) is 6.26 Å². The molecule has 0 atom stereocenters. The second-order valence-electron chi connectivity index (χ2n) is 9.72. The predicted octanol–water partition coefficient (Wildman–Crippen LogP) is 8.11. The lowest BCUT2D eigenvalue weighted by Crippen LogP contribution is -2.14. The molecule has 0 radical (unpaired) electrons. The van der Waals surface area contributed by atoms with E-state index in [0.717, 1.165) is 38.5 Å². The monoisotopic (exact) mass is 531 g/mol. The first kappa shape index (κ1) is 25.0. The lowest BCUT2D eigenvalue weighted by Gasteiger charge is -2.26. The number of sulfone groups is 1. The maximum Gasteiger partial charge on any atom is 0.175 e. The SMILES string of the molecule is CS(=O)(=O)c1ccc(-c2cccc3nc4ccccc4cc23)c(CF)c1C(c1ccccc1)c1ccccc1. The van der Waals surface area contributed by atoms with Crippen molar-refractivity contribution in [2.75, 3.05) is 6.26 Å². The molecule has 0 amide bonds. The van der Waals surface area contributed by atoms with Crippen molar-refractivity contribution >= 4 is 31.6 Å². The van der Waals surface area contributed by atoms with E-state index in [9.17, 15) is 8.42 Å². The van der Waals surface area contributed by atoms with Crippen LogP contribution in [0.2, 0.25) is 0 Å². The van der Waals surface area contributed by atoms with E-state index in [0.29, 0.717) is 16.7 Å². The molecular formula is C34H26FNO2S. The quantitative estimate of drug-likeness (QED) is 0.161. The topological polar surface area (TPSA) is 47.0 Å². The first-order valence-corrected chi connectivity index (χ1v) is 14.7. The number of fused-ring (bicyclic) bond motifs is 2. The molecule has 0 saturated carbocycles. The van der Waals surface area contributed by atoms with Crippen LogP contribution in [-0.2, 0) is 16.5 Å². The van der Waals surface area contributed by atoms with Gasteiger partial charge in [0.15, 0.2) is 9.84 Å². The zero-order chi connectivity index (χ0) is 27.0. The molecule has 1 heterocycles. The van der Waals surface area contributed by atoms with Gasteiger partial charge in [0.25, 0.3) is 0 Å². The summed E-state index contributed by atoms with van der Waals surface area (Å²) in [5.41, 5.74) is 5.80. The van der Waals surface area contributed by atoms with Gasteiger partial charge in [-0.05, 0) is 57.6 Å². The molecule has 5 aromatic carbocycles. The van der Waals surface area contributed by atoms with Crippen molar-refractivity contribution in [2.45, 2.75) is 17.5 Å². The highest BCUT2D eigenvalue weighted by atomic mass is 32.2. The lowest BCUT2D eigenvalue weighted by atomic mass is 9.80. The number of alkyl halides is 1. The number of rotatable bonds is 6. The van der Waals surface area contributed by atoms with Crippen molar-refractivity contribution in [1.29, 1.82) is 0 Å². The summed E-state index contributed by atoms with van der Waals surface area (Å²) in [6.07, 6.45) is 1.19. The number of aromatic nitrogens is 1. The second-order valence-corrected chi connectivity index (χ2v) is 11.7. The van der Waals surface area contributed by atoms with Crippen LogP contribution in [0.25, 0.3) is 32.9 Å². The summed E-state index contributed by atoms with van der Waals surface area (Å²) in [7, 11) is -3.68. The maximum atomic E-state index is 15.3. The van der Waals surface area contributed by atoms with Gasteiger partial charge in [-0.15, -0.1) is 0 Å². The maximum absolute atomic E-state index is 15.3. The molecule has 0 bridgehead atoms. The molecule has 0 aliphatic rings.